The maximum Gasteiger partial charge on any atom is 0.226 e. The van der Waals surface area contributed by atoms with Crippen LogP contribution in [0.25, 0.3) is 0 Å². The van der Waals surface area contributed by atoms with Crippen LogP contribution in [0.15, 0.2) is 6.20 Å². The molecule has 48 heavy (non-hydrogen) atoms. The van der Waals surface area contributed by atoms with E-state index in [1.807, 2.05) is 10.9 Å². The Balaban J connectivity index is 1.33. The summed E-state index contributed by atoms with van der Waals surface area (Å²) in [4.78, 5) is 13.6. The smallest absolute Gasteiger partial charge is 0.226 e. The van der Waals surface area contributed by atoms with Gasteiger partial charge < -0.3 is 19.5 Å². The predicted molar refractivity (Wildman–Crippen MR) is 197 cm³/mol. The van der Waals surface area contributed by atoms with E-state index >= 15 is 0 Å². The number of aryl methyl sites for hydroxylation is 1. The number of aromatic nitrogens is 6. The Morgan fingerprint density at radius 3 is 1.54 bits per heavy atom. The van der Waals surface area contributed by atoms with Crippen LogP contribution >= 0.6 is 0 Å². The lowest BCUT2D eigenvalue weighted by Crippen LogP contribution is -2.17. The number of rotatable bonds is 33. The molecule has 276 valence electrons. The lowest BCUT2D eigenvalue weighted by molar-refractivity contribution is 0.0117. The maximum atomic E-state index is 5.71. The van der Waals surface area contributed by atoms with E-state index in [0.29, 0.717) is 52.1 Å². The fraction of sp³-hybridized carbons (Fsp3) is 0.868. The zero-order chi connectivity index (χ0) is 34.5. The van der Waals surface area contributed by atoms with Crippen molar-refractivity contribution in [1.29, 1.82) is 0 Å². The van der Waals surface area contributed by atoms with Gasteiger partial charge in [0.2, 0.25) is 5.95 Å². The van der Waals surface area contributed by atoms with Crippen molar-refractivity contribution >= 4 is 5.95 Å². The summed E-state index contributed by atoms with van der Waals surface area (Å²) in [5, 5.41) is 11.8. The van der Waals surface area contributed by atoms with E-state index in [1.165, 1.54) is 109 Å². The van der Waals surface area contributed by atoms with Crippen molar-refractivity contribution < 1.29 is 14.2 Å². The molecule has 0 aliphatic rings. The zero-order valence-corrected chi connectivity index (χ0v) is 31.5. The number of ether oxygens (including phenoxy) is 3. The van der Waals surface area contributed by atoms with Gasteiger partial charge in [-0.25, -0.2) is 4.98 Å². The fourth-order valence-corrected chi connectivity index (χ4v) is 5.55. The van der Waals surface area contributed by atoms with Crippen LogP contribution < -0.4 is 5.32 Å². The van der Waals surface area contributed by atoms with Gasteiger partial charge in [0.05, 0.1) is 45.8 Å². The lowest BCUT2D eigenvalue weighted by atomic mass is 10.0. The van der Waals surface area contributed by atoms with Crippen molar-refractivity contribution in [2.75, 3.05) is 44.9 Å². The Labute approximate surface area is 293 Å². The van der Waals surface area contributed by atoms with Crippen LogP contribution in [0, 0.1) is 0 Å². The summed E-state index contributed by atoms with van der Waals surface area (Å²) in [6.07, 6.45) is 27.1. The van der Waals surface area contributed by atoms with Crippen LogP contribution in [0.2, 0.25) is 0 Å². The van der Waals surface area contributed by atoms with Crippen molar-refractivity contribution in [3.63, 3.8) is 0 Å². The normalized spacial score (nSPS) is 11.7. The quantitative estimate of drug-likeness (QED) is 0.0741. The molecule has 0 fully saturated rings. The first-order valence-corrected chi connectivity index (χ1v) is 19.6. The number of anilines is 1. The molecule has 1 N–H and O–H groups in total. The third kappa shape index (κ3) is 21.7. The Morgan fingerprint density at radius 1 is 0.583 bits per heavy atom. The van der Waals surface area contributed by atoms with Crippen molar-refractivity contribution in [2.45, 2.75) is 175 Å². The molecular formula is C38H71N7O3. The van der Waals surface area contributed by atoms with Crippen LogP contribution in [-0.2, 0) is 27.4 Å². The molecule has 2 aromatic rings. The Kier molecular flexibility index (Phi) is 25.1. The van der Waals surface area contributed by atoms with Gasteiger partial charge in [-0.1, -0.05) is 149 Å². The molecule has 0 aliphatic carbocycles. The second-order valence-corrected chi connectivity index (χ2v) is 13.9. The largest absolute Gasteiger partial charge is 0.377 e. The first kappa shape index (κ1) is 42.0. The number of hydrogen-bond donors (Lipinski definition) is 1. The van der Waals surface area contributed by atoms with Crippen LogP contribution in [0.1, 0.15) is 179 Å². The standard InChI is InChI=1S/C38H71N7O3/c1-6-7-8-9-10-11-12-13-14-15-16-17-18-19-20-21-22-23-25-45-31-35(43-44-45)32-48-30-29-47-28-27-46-26-24-39-38-41-36(33(2)3)40-37(42-38)34(4)5/h31,33-34H,6-30,32H2,1-5H3,(H,39,40,41,42). The van der Waals surface area contributed by atoms with E-state index in [2.05, 4.69) is 65.2 Å². The average Bonchev–Trinajstić information content (AvgIpc) is 3.53. The van der Waals surface area contributed by atoms with E-state index in [-0.39, 0.29) is 11.8 Å². The summed E-state index contributed by atoms with van der Waals surface area (Å²) in [6.45, 7) is 15.3. The van der Waals surface area contributed by atoms with E-state index < -0.39 is 0 Å². The topological polar surface area (TPSA) is 109 Å². The van der Waals surface area contributed by atoms with Crippen LogP contribution in [-0.4, -0.2) is 69.5 Å². The van der Waals surface area contributed by atoms with Crippen molar-refractivity contribution in [1.82, 2.24) is 29.9 Å². The highest BCUT2D eigenvalue weighted by Gasteiger charge is 2.12. The Morgan fingerprint density at radius 2 is 1.04 bits per heavy atom. The van der Waals surface area contributed by atoms with Gasteiger partial charge in [-0.05, 0) is 6.42 Å². The summed E-state index contributed by atoms with van der Waals surface area (Å²) >= 11 is 0. The second kappa shape index (κ2) is 28.6. The van der Waals surface area contributed by atoms with Crippen LogP contribution in [0.4, 0.5) is 5.95 Å². The third-order valence-corrected chi connectivity index (χ3v) is 8.55. The number of nitrogens with zero attached hydrogens (tertiary/aromatic N) is 6. The summed E-state index contributed by atoms with van der Waals surface area (Å²) < 4.78 is 19.0. The van der Waals surface area contributed by atoms with E-state index in [4.69, 9.17) is 14.2 Å². The zero-order valence-electron chi connectivity index (χ0n) is 31.5. The minimum Gasteiger partial charge on any atom is -0.377 e. The van der Waals surface area contributed by atoms with Gasteiger partial charge in [-0.3, -0.25) is 4.68 Å². The molecular weight excluding hydrogens is 602 g/mol. The molecule has 10 nitrogen and oxygen atoms in total. The first-order chi connectivity index (χ1) is 23.5. The van der Waals surface area contributed by atoms with E-state index in [9.17, 15) is 0 Å². The molecule has 0 unspecified atom stereocenters. The monoisotopic (exact) mass is 674 g/mol. The van der Waals surface area contributed by atoms with Crippen molar-refractivity contribution in [3.8, 4) is 0 Å². The highest BCUT2D eigenvalue weighted by molar-refractivity contribution is 5.25. The molecule has 0 aromatic carbocycles. The minimum absolute atomic E-state index is 0.255. The minimum atomic E-state index is 0.255. The summed E-state index contributed by atoms with van der Waals surface area (Å²) in [5.41, 5.74) is 0.868. The van der Waals surface area contributed by atoms with Gasteiger partial charge in [-0.2, -0.15) is 9.97 Å². The van der Waals surface area contributed by atoms with Gasteiger partial charge in [0.1, 0.15) is 17.3 Å². The highest BCUT2D eigenvalue weighted by Crippen LogP contribution is 2.17. The van der Waals surface area contributed by atoms with Gasteiger partial charge in [-0.15, -0.1) is 5.10 Å². The molecule has 2 heterocycles. The van der Waals surface area contributed by atoms with Gasteiger partial charge in [0.15, 0.2) is 0 Å². The lowest BCUT2D eigenvalue weighted by Gasteiger charge is -2.12. The van der Waals surface area contributed by atoms with Gasteiger partial charge in [0, 0.05) is 24.9 Å². The van der Waals surface area contributed by atoms with Crippen LogP contribution in [0.3, 0.4) is 0 Å². The molecule has 0 atom stereocenters. The number of unbranched alkanes of at least 4 members (excludes halogenated alkanes) is 17. The van der Waals surface area contributed by atoms with Gasteiger partial charge >= 0.3 is 0 Å². The Bertz CT molecular complexity index is 992. The van der Waals surface area contributed by atoms with Crippen molar-refractivity contribution in [2.24, 2.45) is 0 Å². The molecule has 2 aromatic heterocycles. The Hall–Kier alpha value is -2.17. The van der Waals surface area contributed by atoms with E-state index in [0.717, 1.165) is 30.3 Å². The molecule has 10 heteroatoms. The molecule has 0 radical (unpaired) electrons. The summed E-state index contributed by atoms with van der Waals surface area (Å²) in [6, 6.07) is 0. The van der Waals surface area contributed by atoms with Crippen molar-refractivity contribution in [3.05, 3.63) is 23.5 Å². The highest BCUT2D eigenvalue weighted by atomic mass is 16.5. The number of hydrogen-bond acceptors (Lipinski definition) is 9. The fourth-order valence-electron chi connectivity index (χ4n) is 5.55. The first-order valence-electron chi connectivity index (χ1n) is 19.6. The van der Waals surface area contributed by atoms with Crippen LogP contribution in [0.5, 0.6) is 0 Å². The molecule has 0 saturated carbocycles. The second-order valence-electron chi connectivity index (χ2n) is 13.9. The van der Waals surface area contributed by atoms with E-state index in [1.54, 1.807) is 0 Å². The molecule has 0 amide bonds. The summed E-state index contributed by atoms with van der Waals surface area (Å²) in [5.74, 6) is 2.75. The molecule has 0 aliphatic heterocycles. The molecule has 2 rings (SSSR count). The predicted octanol–water partition coefficient (Wildman–Crippen LogP) is 9.41. The number of nitrogens with one attached hydrogen (secondary N) is 1. The maximum absolute atomic E-state index is 5.71. The SMILES string of the molecule is CCCCCCCCCCCCCCCCCCCCn1cc(COCCOCCOCCNc2nc(C(C)C)nc(C(C)C)n2)nn1. The molecule has 0 bridgehead atoms. The summed E-state index contributed by atoms with van der Waals surface area (Å²) in [7, 11) is 0. The molecule has 0 saturated heterocycles. The average molecular weight is 674 g/mol. The third-order valence-electron chi connectivity index (χ3n) is 8.55. The van der Waals surface area contributed by atoms with Gasteiger partial charge in [0.25, 0.3) is 0 Å². The molecule has 0 spiro atoms.